The minimum atomic E-state index is 0.145. The van der Waals surface area contributed by atoms with Gasteiger partial charge in [-0.1, -0.05) is 25.2 Å². The zero-order valence-corrected chi connectivity index (χ0v) is 8.16. The summed E-state index contributed by atoms with van der Waals surface area (Å²) in [6.07, 6.45) is 0. The molecule has 0 aliphatic heterocycles. The van der Waals surface area contributed by atoms with Crippen molar-refractivity contribution in [3.63, 3.8) is 0 Å². The van der Waals surface area contributed by atoms with Crippen molar-refractivity contribution >= 4 is 11.3 Å². The second-order valence-electron chi connectivity index (χ2n) is 3.02. The van der Waals surface area contributed by atoms with Crippen LogP contribution in [0.3, 0.4) is 0 Å². The standard InChI is InChI=1S/C8H13NOS/c1-5(2)7-6(3)11-8(10)9(7)4/h5H,1-4H3. The highest BCUT2D eigenvalue weighted by molar-refractivity contribution is 7.09. The minimum absolute atomic E-state index is 0.145. The van der Waals surface area contributed by atoms with Crippen molar-refractivity contribution in [3.05, 3.63) is 20.2 Å². The summed E-state index contributed by atoms with van der Waals surface area (Å²) in [4.78, 5) is 12.4. The normalized spacial score (nSPS) is 11.0. The molecular formula is C8H13NOS. The molecule has 1 rings (SSSR count). The Labute approximate surface area is 70.5 Å². The van der Waals surface area contributed by atoms with Crippen LogP contribution >= 0.6 is 11.3 Å². The number of aromatic nitrogens is 1. The van der Waals surface area contributed by atoms with Crippen LogP contribution in [0, 0.1) is 6.92 Å². The quantitative estimate of drug-likeness (QED) is 0.632. The lowest BCUT2D eigenvalue weighted by Gasteiger charge is -2.05. The molecule has 0 fully saturated rings. The molecule has 0 bridgehead atoms. The van der Waals surface area contributed by atoms with E-state index in [1.165, 1.54) is 17.0 Å². The van der Waals surface area contributed by atoms with Crippen LogP contribution in [-0.4, -0.2) is 4.57 Å². The summed E-state index contributed by atoms with van der Waals surface area (Å²) < 4.78 is 1.74. The fraction of sp³-hybridized carbons (Fsp3) is 0.625. The van der Waals surface area contributed by atoms with E-state index < -0.39 is 0 Å². The molecule has 0 spiro atoms. The van der Waals surface area contributed by atoms with E-state index in [1.54, 1.807) is 4.57 Å². The predicted octanol–water partition coefficient (Wildman–Crippen LogP) is 1.88. The molecule has 0 aliphatic carbocycles. The number of rotatable bonds is 1. The average Bonchev–Trinajstić information content (AvgIpc) is 2.07. The van der Waals surface area contributed by atoms with Crippen LogP contribution in [0.25, 0.3) is 0 Å². The molecule has 62 valence electrons. The van der Waals surface area contributed by atoms with Gasteiger partial charge in [0.2, 0.25) is 0 Å². The third kappa shape index (κ3) is 1.38. The van der Waals surface area contributed by atoms with E-state index in [0.717, 1.165) is 4.88 Å². The number of hydrogen-bond acceptors (Lipinski definition) is 2. The Morgan fingerprint density at radius 3 is 2.18 bits per heavy atom. The number of hydrogen-bond donors (Lipinski definition) is 0. The highest BCUT2D eigenvalue weighted by atomic mass is 32.1. The van der Waals surface area contributed by atoms with Crippen LogP contribution in [-0.2, 0) is 7.05 Å². The second kappa shape index (κ2) is 2.81. The van der Waals surface area contributed by atoms with Crippen LogP contribution in [0.1, 0.15) is 30.3 Å². The van der Waals surface area contributed by atoms with Crippen LogP contribution in [0.5, 0.6) is 0 Å². The Morgan fingerprint density at radius 1 is 1.45 bits per heavy atom. The van der Waals surface area contributed by atoms with Crippen LogP contribution in [0.2, 0.25) is 0 Å². The Hall–Kier alpha value is -0.570. The summed E-state index contributed by atoms with van der Waals surface area (Å²) in [5.41, 5.74) is 1.17. The van der Waals surface area contributed by atoms with Crippen LogP contribution < -0.4 is 4.87 Å². The Balaban J connectivity index is 3.34. The molecular weight excluding hydrogens is 158 g/mol. The van der Waals surface area contributed by atoms with Gasteiger partial charge >= 0.3 is 4.87 Å². The van der Waals surface area contributed by atoms with Crippen molar-refractivity contribution in [2.75, 3.05) is 0 Å². The van der Waals surface area contributed by atoms with Crippen molar-refractivity contribution in [1.82, 2.24) is 4.57 Å². The van der Waals surface area contributed by atoms with Gasteiger partial charge in [0.1, 0.15) is 0 Å². The molecule has 1 aromatic rings. The first-order chi connectivity index (χ1) is 5.04. The summed E-state index contributed by atoms with van der Waals surface area (Å²) in [6.45, 7) is 6.21. The molecule has 2 nitrogen and oxygen atoms in total. The van der Waals surface area contributed by atoms with Gasteiger partial charge in [0, 0.05) is 17.6 Å². The highest BCUT2D eigenvalue weighted by Gasteiger charge is 2.10. The molecule has 0 atom stereocenters. The van der Waals surface area contributed by atoms with Gasteiger partial charge in [-0.2, -0.15) is 0 Å². The lowest BCUT2D eigenvalue weighted by atomic mass is 10.1. The van der Waals surface area contributed by atoms with Gasteiger partial charge in [-0.05, 0) is 12.8 Å². The summed E-state index contributed by atoms with van der Waals surface area (Å²) in [5.74, 6) is 0.443. The first-order valence-corrected chi connectivity index (χ1v) is 4.52. The Morgan fingerprint density at radius 2 is 2.00 bits per heavy atom. The molecule has 11 heavy (non-hydrogen) atoms. The third-order valence-electron chi connectivity index (χ3n) is 1.78. The third-order valence-corrected chi connectivity index (χ3v) is 2.75. The SMILES string of the molecule is Cc1sc(=O)n(C)c1C(C)C. The molecule has 0 amide bonds. The summed E-state index contributed by atoms with van der Waals surface area (Å²) in [6, 6.07) is 0. The van der Waals surface area contributed by atoms with E-state index in [0.29, 0.717) is 5.92 Å². The van der Waals surface area contributed by atoms with E-state index >= 15 is 0 Å². The molecule has 0 saturated heterocycles. The maximum absolute atomic E-state index is 11.1. The highest BCUT2D eigenvalue weighted by Crippen LogP contribution is 2.19. The number of nitrogens with zero attached hydrogens (tertiary/aromatic N) is 1. The van der Waals surface area contributed by atoms with E-state index in [4.69, 9.17) is 0 Å². The Kier molecular flexibility index (Phi) is 2.18. The minimum Gasteiger partial charge on any atom is -0.306 e. The van der Waals surface area contributed by atoms with Crippen molar-refractivity contribution < 1.29 is 0 Å². The molecule has 3 heteroatoms. The van der Waals surface area contributed by atoms with Crippen molar-refractivity contribution in [2.24, 2.45) is 7.05 Å². The molecule has 1 heterocycles. The first-order valence-electron chi connectivity index (χ1n) is 3.70. The fourth-order valence-electron chi connectivity index (χ4n) is 1.38. The summed E-state index contributed by atoms with van der Waals surface area (Å²) in [5, 5.41) is 0. The molecule has 0 saturated carbocycles. The summed E-state index contributed by atoms with van der Waals surface area (Å²) >= 11 is 1.33. The van der Waals surface area contributed by atoms with Crippen molar-refractivity contribution in [2.45, 2.75) is 26.7 Å². The van der Waals surface area contributed by atoms with Crippen LogP contribution in [0.15, 0.2) is 4.79 Å². The van der Waals surface area contributed by atoms with Gasteiger partial charge in [-0.15, -0.1) is 0 Å². The fourth-order valence-corrected chi connectivity index (χ4v) is 2.35. The lowest BCUT2D eigenvalue weighted by Crippen LogP contribution is -2.11. The smallest absolute Gasteiger partial charge is 0.306 e. The van der Waals surface area contributed by atoms with Gasteiger partial charge in [0.15, 0.2) is 0 Å². The zero-order valence-electron chi connectivity index (χ0n) is 7.34. The first kappa shape index (κ1) is 8.53. The van der Waals surface area contributed by atoms with Gasteiger partial charge in [-0.25, -0.2) is 0 Å². The zero-order chi connectivity index (χ0) is 8.59. The molecule has 0 N–H and O–H groups in total. The van der Waals surface area contributed by atoms with E-state index in [1.807, 2.05) is 14.0 Å². The average molecular weight is 171 g/mol. The molecule has 0 aromatic carbocycles. The maximum atomic E-state index is 11.1. The van der Waals surface area contributed by atoms with Gasteiger partial charge in [-0.3, -0.25) is 4.79 Å². The van der Waals surface area contributed by atoms with Gasteiger partial charge < -0.3 is 4.57 Å². The molecule has 0 radical (unpaired) electrons. The molecule has 0 unspecified atom stereocenters. The monoisotopic (exact) mass is 171 g/mol. The number of thiazole rings is 1. The Bertz CT molecular complexity index is 308. The maximum Gasteiger partial charge on any atom is 0.307 e. The van der Waals surface area contributed by atoms with Crippen molar-refractivity contribution in [3.8, 4) is 0 Å². The van der Waals surface area contributed by atoms with Gasteiger partial charge in [0.25, 0.3) is 0 Å². The van der Waals surface area contributed by atoms with E-state index in [-0.39, 0.29) is 4.87 Å². The lowest BCUT2D eigenvalue weighted by molar-refractivity contribution is 0.722. The van der Waals surface area contributed by atoms with E-state index in [9.17, 15) is 4.79 Å². The topological polar surface area (TPSA) is 22.0 Å². The molecule has 1 aromatic heterocycles. The van der Waals surface area contributed by atoms with Crippen LogP contribution in [0.4, 0.5) is 0 Å². The largest absolute Gasteiger partial charge is 0.307 e. The number of aryl methyl sites for hydroxylation is 1. The molecule has 0 aliphatic rings. The predicted molar refractivity (Wildman–Crippen MR) is 48.4 cm³/mol. The van der Waals surface area contributed by atoms with Crippen molar-refractivity contribution in [1.29, 1.82) is 0 Å². The summed E-state index contributed by atoms with van der Waals surface area (Å²) in [7, 11) is 1.83. The van der Waals surface area contributed by atoms with E-state index in [2.05, 4.69) is 13.8 Å². The second-order valence-corrected chi connectivity index (χ2v) is 4.19. The van der Waals surface area contributed by atoms with Gasteiger partial charge in [0.05, 0.1) is 0 Å².